The molecule has 0 radical (unpaired) electrons. The van der Waals surface area contributed by atoms with Crippen LogP contribution in [0.15, 0.2) is 0 Å². The molecule has 13 heavy (non-hydrogen) atoms. The van der Waals surface area contributed by atoms with Gasteiger partial charge < -0.3 is 10.0 Å². The summed E-state index contributed by atoms with van der Waals surface area (Å²) in [6.45, 7) is 9.42. The molecule has 0 aromatic rings. The van der Waals surface area contributed by atoms with Crippen LogP contribution < -0.4 is 5.73 Å². The van der Waals surface area contributed by atoms with Crippen molar-refractivity contribution in [2.24, 2.45) is 17.1 Å². The number of carbonyl (C=O) groups is 1. The van der Waals surface area contributed by atoms with E-state index < -0.39 is 11.5 Å². The van der Waals surface area contributed by atoms with E-state index in [-0.39, 0.29) is 11.3 Å². The van der Waals surface area contributed by atoms with Crippen molar-refractivity contribution in [3.05, 3.63) is 0 Å². The summed E-state index contributed by atoms with van der Waals surface area (Å²) >= 11 is 5.06. The smallest absolute Gasteiger partial charge is 0.345 e. The molecule has 0 heterocycles. The summed E-state index contributed by atoms with van der Waals surface area (Å²) in [5.74, 6) is -0.601. The van der Waals surface area contributed by atoms with Crippen LogP contribution >= 0.6 is 11.9 Å². The van der Waals surface area contributed by atoms with Gasteiger partial charge in [-0.3, -0.25) is 0 Å². The molecule has 0 spiro atoms. The molecule has 0 unspecified atom stereocenters. The number of nitrogens with two attached hydrogens (primary N) is 1. The average Bonchev–Trinajstić information content (AvgIpc) is 1.98. The minimum absolute atomic E-state index is 0.0289. The van der Waals surface area contributed by atoms with E-state index in [0.717, 1.165) is 0 Å². The van der Waals surface area contributed by atoms with E-state index in [1.165, 1.54) is 0 Å². The minimum atomic E-state index is -1.05. The molecule has 78 valence electrons. The van der Waals surface area contributed by atoms with Crippen molar-refractivity contribution < 1.29 is 9.08 Å². The molecule has 0 aromatic carbocycles. The van der Waals surface area contributed by atoms with Gasteiger partial charge in [0.05, 0.1) is 0 Å². The zero-order valence-electron chi connectivity index (χ0n) is 8.85. The molecule has 0 fully saturated rings. The molecule has 0 aliphatic carbocycles. The van der Waals surface area contributed by atoms with Gasteiger partial charge in [-0.15, -0.1) is 0 Å². The molecular formula is C9H18ClNO2. The zero-order valence-corrected chi connectivity index (χ0v) is 9.61. The van der Waals surface area contributed by atoms with E-state index in [1.807, 2.05) is 34.6 Å². The maximum atomic E-state index is 11.4. The lowest BCUT2D eigenvalue weighted by Gasteiger charge is -2.41. The number of carbonyl (C=O) groups excluding carboxylic acids is 1. The summed E-state index contributed by atoms with van der Waals surface area (Å²) in [5.41, 5.74) is 4.58. The molecule has 0 aliphatic rings. The zero-order chi connectivity index (χ0) is 10.9. The highest BCUT2D eigenvalue weighted by molar-refractivity contribution is 6.14. The highest BCUT2D eigenvalue weighted by Gasteiger charge is 2.49. The second kappa shape index (κ2) is 3.84. The fourth-order valence-corrected chi connectivity index (χ4v) is 1.60. The summed E-state index contributed by atoms with van der Waals surface area (Å²) in [4.78, 5) is 11.4. The second-order valence-corrected chi connectivity index (χ2v) is 4.79. The van der Waals surface area contributed by atoms with Crippen molar-refractivity contribution in [3.8, 4) is 0 Å². The number of hydrogen-bond acceptors (Lipinski definition) is 3. The summed E-state index contributed by atoms with van der Waals surface area (Å²) in [6, 6.07) is 0. The van der Waals surface area contributed by atoms with Gasteiger partial charge in [0.2, 0.25) is 0 Å². The van der Waals surface area contributed by atoms with E-state index in [4.69, 9.17) is 17.6 Å². The normalized spacial score (nSPS) is 16.9. The molecule has 4 heteroatoms. The fraction of sp³-hybridized carbons (Fsp3) is 0.889. The largest absolute Gasteiger partial charge is 0.346 e. The van der Waals surface area contributed by atoms with Gasteiger partial charge >= 0.3 is 5.97 Å². The maximum absolute atomic E-state index is 11.4. The summed E-state index contributed by atoms with van der Waals surface area (Å²) < 4.78 is 4.21. The Labute approximate surface area is 84.7 Å². The topological polar surface area (TPSA) is 52.3 Å². The van der Waals surface area contributed by atoms with Crippen molar-refractivity contribution in [2.45, 2.75) is 40.2 Å². The Morgan fingerprint density at radius 2 is 1.77 bits per heavy atom. The first-order valence-corrected chi connectivity index (χ1v) is 4.60. The Balaban J connectivity index is 5.08. The van der Waals surface area contributed by atoms with E-state index in [9.17, 15) is 4.79 Å². The quantitative estimate of drug-likeness (QED) is 0.755. The van der Waals surface area contributed by atoms with E-state index in [2.05, 4.69) is 4.29 Å². The van der Waals surface area contributed by atoms with Crippen LogP contribution in [0.1, 0.15) is 34.6 Å². The van der Waals surface area contributed by atoms with Crippen LogP contribution in [0.25, 0.3) is 0 Å². The highest BCUT2D eigenvalue weighted by atomic mass is 35.5. The SMILES string of the molecule is CC(C)[C@](N)(C(=O)OCl)C(C)(C)C. The number of halogens is 1. The third kappa shape index (κ3) is 2.15. The first kappa shape index (κ1) is 12.7. The monoisotopic (exact) mass is 207 g/mol. The van der Waals surface area contributed by atoms with E-state index >= 15 is 0 Å². The third-order valence-electron chi connectivity index (χ3n) is 2.56. The van der Waals surface area contributed by atoms with Crippen molar-refractivity contribution in [3.63, 3.8) is 0 Å². The first-order chi connectivity index (χ1) is 5.67. The molecule has 2 N–H and O–H groups in total. The van der Waals surface area contributed by atoms with Crippen molar-refractivity contribution >= 4 is 17.8 Å². The summed E-state index contributed by atoms with van der Waals surface area (Å²) in [6.07, 6.45) is 0. The van der Waals surface area contributed by atoms with Crippen molar-refractivity contribution in [1.29, 1.82) is 0 Å². The van der Waals surface area contributed by atoms with E-state index in [0.29, 0.717) is 0 Å². The van der Waals surface area contributed by atoms with Crippen LogP contribution in [-0.2, 0) is 9.08 Å². The molecule has 0 saturated carbocycles. The maximum Gasteiger partial charge on any atom is 0.345 e. The van der Waals surface area contributed by atoms with Crippen LogP contribution in [0.2, 0.25) is 0 Å². The lowest BCUT2D eigenvalue weighted by atomic mass is 9.68. The van der Waals surface area contributed by atoms with Crippen LogP contribution in [0, 0.1) is 11.3 Å². The Kier molecular flexibility index (Phi) is 3.76. The predicted octanol–water partition coefficient (Wildman–Crippen LogP) is 2.08. The molecule has 0 aliphatic heterocycles. The lowest BCUT2D eigenvalue weighted by Crippen LogP contribution is -2.61. The van der Waals surface area contributed by atoms with Gasteiger partial charge in [0.1, 0.15) is 17.4 Å². The van der Waals surface area contributed by atoms with Crippen LogP contribution in [0.3, 0.4) is 0 Å². The van der Waals surface area contributed by atoms with Gasteiger partial charge in [0.15, 0.2) is 0 Å². The Hall–Kier alpha value is -0.280. The summed E-state index contributed by atoms with van der Waals surface area (Å²) in [5, 5.41) is 0. The van der Waals surface area contributed by atoms with Crippen molar-refractivity contribution in [2.75, 3.05) is 0 Å². The third-order valence-corrected chi connectivity index (χ3v) is 2.70. The van der Waals surface area contributed by atoms with Gasteiger partial charge in [-0.25, -0.2) is 4.79 Å². The van der Waals surface area contributed by atoms with Crippen LogP contribution in [0.5, 0.6) is 0 Å². The second-order valence-electron chi connectivity index (χ2n) is 4.64. The van der Waals surface area contributed by atoms with Gasteiger partial charge in [0, 0.05) is 0 Å². The molecule has 3 nitrogen and oxygen atoms in total. The minimum Gasteiger partial charge on any atom is -0.346 e. The van der Waals surface area contributed by atoms with E-state index in [1.54, 1.807) is 0 Å². The van der Waals surface area contributed by atoms with Crippen LogP contribution in [0.4, 0.5) is 0 Å². The Bertz CT molecular complexity index is 198. The highest BCUT2D eigenvalue weighted by Crippen LogP contribution is 2.35. The Morgan fingerprint density at radius 1 is 1.38 bits per heavy atom. The summed E-state index contributed by atoms with van der Waals surface area (Å²) in [7, 11) is 0. The fourth-order valence-electron chi connectivity index (χ4n) is 1.47. The number of rotatable bonds is 2. The molecule has 0 bridgehead atoms. The molecule has 1 atom stereocenters. The van der Waals surface area contributed by atoms with Gasteiger partial charge in [-0.05, 0) is 11.3 Å². The van der Waals surface area contributed by atoms with Gasteiger partial charge in [-0.1, -0.05) is 34.6 Å². The average molecular weight is 208 g/mol. The molecule has 0 rings (SSSR count). The van der Waals surface area contributed by atoms with Crippen LogP contribution in [-0.4, -0.2) is 11.5 Å². The van der Waals surface area contributed by atoms with Gasteiger partial charge in [-0.2, -0.15) is 0 Å². The molecule has 0 aromatic heterocycles. The number of hydrogen-bond donors (Lipinski definition) is 1. The molecule has 0 saturated heterocycles. The van der Waals surface area contributed by atoms with Crippen molar-refractivity contribution in [1.82, 2.24) is 0 Å². The Morgan fingerprint density at radius 3 is 1.85 bits per heavy atom. The lowest BCUT2D eigenvalue weighted by molar-refractivity contribution is -0.147. The molecular weight excluding hydrogens is 190 g/mol. The standard InChI is InChI=1S/C9H18ClNO2/c1-6(2)9(11,7(12)13-10)8(3,4)5/h6H,11H2,1-5H3/t9-/m0/s1. The first-order valence-electron chi connectivity index (χ1n) is 4.29. The molecule has 0 amide bonds. The van der Waals surface area contributed by atoms with Gasteiger partial charge in [0.25, 0.3) is 0 Å². The predicted molar refractivity (Wildman–Crippen MR) is 53.2 cm³/mol.